The molecule has 100 valence electrons. The van der Waals surface area contributed by atoms with Crippen molar-refractivity contribution >= 4 is 5.69 Å². The van der Waals surface area contributed by atoms with E-state index in [9.17, 15) is 0 Å². The average molecular weight is 246 g/mol. The Bertz CT molecular complexity index is 373. The van der Waals surface area contributed by atoms with Crippen LogP contribution in [0.4, 0.5) is 5.69 Å². The van der Waals surface area contributed by atoms with E-state index in [1.165, 1.54) is 43.5 Å². The number of rotatable bonds is 4. The van der Waals surface area contributed by atoms with Crippen LogP contribution in [0.15, 0.2) is 24.3 Å². The summed E-state index contributed by atoms with van der Waals surface area (Å²) in [6.45, 7) is 4.70. The normalized spacial score (nSPS) is 20.9. The molecule has 0 amide bonds. The fourth-order valence-corrected chi connectivity index (χ4v) is 2.90. The number of hydrogen-bond acceptors (Lipinski definition) is 2. The Hall–Kier alpha value is -1.02. The summed E-state index contributed by atoms with van der Waals surface area (Å²) in [6, 6.07) is 9.73. The summed E-state index contributed by atoms with van der Waals surface area (Å²) in [5, 5.41) is 0. The van der Waals surface area contributed by atoms with Gasteiger partial charge in [-0.05, 0) is 43.5 Å². The Labute approximate surface area is 112 Å². The van der Waals surface area contributed by atoms with E-state index in [0.29, 0.717) is 0 Å². The van der Waals surface area contributed by atoms with E-state index in [-0.39, 0.29) is 0 Å². The zero-order valence-corrected chi connectivity index (χ0v) is 12.0. The lowest BCUT2D eigenvalue weighted by Gasteiger charge is -2.35. The molecule has 1 atom stereocenters. The zero-order valence-electron chi connectivity index (χ0n) is 12.0. The summed E-state index contributed by atoms with van der Waals surface area (Å²) in [6.07, 6.45) is 5.44. The van der Waals surface area contributed by atoms with Crippen molar-refractivity contribution in [2.75, 3.05) is 25.5 Å². The lowest BCUT2D eigenvalue weighted by atomic mass is 9.99. The predicted octanol–water partition coefficient (Wildman–Crippen LogP) is 3.52. The Morgan fingerprint density at radius 3 is 2.83 bits per heavy atom. The molecule has 0 bridgehead atoms. The summed E-state index contributed by atoms with van der Waals surface area (Å²) in [4.78, 5) is 4.84. The van der Waals surface area contributed by atoms with Crippen molar-refractivity contribution in [3.63, 3.8) is 0 Å². The van der Waals surface area contributed by atoms with Crippen LogP contribution in [-0.2, 0) is 6.54 Å². The van der Waals surface area contributed by atoms with Gasteiger partial charge in [0.2, 0.25) is 0 Å². The number of likely N-dealkylation sites (tertiary alicyclic amines) is 1. The Morgan fingerprint density at radius 2 is 2.11 bits per heavy atom. The first-order valence-electron chi connectivity index (χ1n) is 7.21. The summed E-state index contributed by atoms with van der Waals surface area (Å²) in [7, 11) is 4.21. The van der Waals surface area contributed by atoms with Gasteiger partial charge >= 0.3 is 0 Å². The zero-order chi connectivity index (χ0) is 13.0. The summed E-state index contributed by atoms with van der Waals surface area (Å²) in [5.74, 6) is 0. The molecule has 1 aromatic carbocycles. The Morgan fingerprint density at radius 1 is 1.28 bits per heavy atom. The van der Waals surface area contributed by atoms with Gasteiger partial charge in [-0.25, -0.2) is 0 Å². The SMILES string of the molecule is CC[C@H]1CCCCN1Cc1cccc(N(C)C)c1. The number of nitrogens with zero attached hydrogens (tertiary/aromatic N) is 2. The van der Waals surface area contributed by atoms with Crippen molar-refractivity contribution in [3.05, 3.63) is 29.8 Å². The van der Waals surface area contributed by atoms with Crippen molar-refractivity contribution in [3.8, 4) is 0 Å². The van der Waals surface area contributed by atoms with Crippen LogP contribution in [0.5, 0.6) is 0 Å². The standard InChI is InChI=1S/C16H26N2/c1-4-15-9-5-6-11-18(15)13-14-8-7-10-16(12-14)17(2)3/h7-8,10,12,15H,4-6,9,11,13H2,1-3H3/t15-/m0/s1. The van der Waals surface area contributed by atoms with Crippen molar-refractivity contribution in [1.29, 1.82) is 0 Å². The molecule has 0 spiro atoms. The molecule has 0 aromatic heterocycles. The molecule has 0 saturated carbocycles. The smallest absolute Gasteiger partial charge is 0.0364 e. The predicted molar refractivity (Wildman–Crippen MR) is 79.1 cm³/mol. The van der Waals surface area contributed by atoms with Gasteiger partial charge in [-0.1, -0.05) is 25.5 Å². The van der Waals surface area contributed by atoms with Crippen molar-refractivity contribution in [2.45, 2.75) is 45.2 Å². The lowest BCUT2D eigenvalue weighted by molar-refractivity contribution is 0.136. The van der Waals surface area contributed by atoms with Crippen LogP contribution in [0.3, 0.4) is 0 Å². The van der Waals surface area contributed by atoms with Crippen molar-refractivity contribution < 1.29 is 0 Å². The van der Waals surface area contributed by atoms with E-state index < -0.39 is 0 Å². The Kier molecular flexibility index (Phi) is 4.65. The van der Waals surface area contributed by atoms with Crippen molar-refractivity contribution in [1.82, 2.24) is 4.90 Å². The van der Waals surface area contributed by atoms with Crippen LogP contribution in [0, 0.1) is 0 Å². The largest absolute Gasteiger partial charge is 0.378 e. The highest BCUT2D eigenvalue weighted by Gasteiger charge is 2.20. The molecule has 0 unspecified atom stereocenters. The van der Waals surface area contributed by atoms with E-state index in [0.717, 1.165) is 12.6 Å². The molecule has 1 aliphatic rings. The first-order chi connectivity index (χ1) is 8.70. The molecule has 1 aliphatic heterocycles. The van der Waals surface area contributed by atoms with Gasteiger partial charge in [-0.3, -0.25) is 4.90 Å². The Balaban J connectivity index is 2.05. The van der Waals surface area contributed by atoms with Gasteiger partial charge in [0.1, 0.15) is 0 Å². The highest BCUT2D eigenvalue weighted by Crippen LogP contribution is 2.23. The third kappa shape index (κ3) is 3.26. The van der Waals surface area contributed by atoms with E-state index in [4.69, 9.17) is 0 Å². The topological polar surface area (TPSA) is 6.48 Å². The highest BCUT2D eigenvalue weighted by molar-refractivity contribution is 5.47. The molecule has 1 aromatic rings. The van der Waals surface area contributed by atoms with Gasteiger partial charge in [0, 0.05) is 32.4 Å². The monoisotopic (exact) mass is 246 g/mol. The van der Waals surface area contributed by atoms with Gasteiger partial charge < -0.3 is 4.90 Å². The first kappa shape index (κ1) is 13.4. The van der Waals surface area contributed by atoms with Crippen LogP contribution in [0.2, 0.25) is 0 Å². The molecule has 1 heterocycles. The number of hydrogen-bond donors (Lipinski definition) is 0. The molecule has 2 rings (SSSR count). The minimum absolute atomic E-state index is 0.793. The molecule has 18 heavy (non-hydrogen) atoms. The lowest BCUT2D eigenvalue weighted by Crippen LogP contribution is -2.38. The third-order valence-corrected chi connectivity index (χ3v) is 4.03. The molecule has 0 N–H and O–H groups in total. The van der Waals surface area contributed by atoms with Gasteiger partial charge in [0.15, 0.2) is 0 Å². The molecule has 1 fully saturated rings. The van der Waals surface area contributed by atoms with Gasteiger partial charge in [-0.2, -0.15) is 0 Å². The highest BCUT2D eigenvalue weighted by atomic mass is 15.2. The van der Waals surface area contributed by atoms with E-state index in [1.807, 2.05) is 0 Å². The van der Waals surface area contributed by atoms with Crippen LogP contribution < -0.4 is 4.90 Å². The number of anilines is 1. The van der Waals surface area contributed by atoms with E-state index >= 15 is 0 Å². The fraction of sp³-hybridized carbons (Fsp3) is 0.625. The maximum Gasteiger partial charge on any atom is 0.0364 e. The van der Waals surface area contributed by atoms with Crippen LogP contribution in [0.25, 0.3) is 0 Å². The molecule has 2 nitrogen and oxygen atoms in total. The first-order valence-corrected chi connectivity index (χ1v) is 7.21. The molecule has 2 heteroatoms. The van der Waals surface area contributed by atoms with Gasteiger partial charge in [0.05, 0.1) is 0 Å². The minimum atomic E-state index is 0.793. The van der Waals surface area contributed by atoms with E-state index in [1.54, 1.807) is 0 Å². The second-order valence-electron chi connectivity index (χ2n) is 5.59. The summed E-state index contributed by atoms with van der Waals surface area (Å²) < 4.78 is 0. The second-order valence-corrected chi connectivity index (χ2v) is 5.59. The second kappa shape index (κ2) is 6.24. The molecule has 0 radical (unpaired) electrons. The average Bonchev–Trinajstić information content (AvgIpc) is 2.39. The van der Waals surface area contributed by atoms with E-state index in [2.05, 4.69) is 55.1 Å². The fourth-order valence-electron chi connectivity index (χ4n) is 2.90. The molecule has 0 aliphatic carbocycles. The van der Waals surface area contributed by atoms with Gasteiger partial charge in [0.25, 0.3) is 0 Å². The quantitative estimate of drug-likeness (QED) is 0.802. The van der Waals surface area contributed by atoms with Crippen LogP contribution in [-0.4, -0.2) is 31.6 Å². The summed E-state index contributed by atoms with van der Waals surface area (Å²) >= 11 is 0. The van der Waals surface area contributed by atoms with Gasteiger partial charge in [-0.15, -0.1) is 0 Å². The maximum atomic E-state index is 2.66. The van der Waals surface area contributed by atoms with Crippen molar-refractivity contribution in [2.24, 2.45) is 0 Å². The molecular formula is C16H26N2. The number of piperidine rings is 1. The molecule has 1 saturated heterocycles. The number of benzene rings is 1. The molecular weight excluding hydrogens is 220 g/mol. The van der Waals surface area contributed by atoms with Crippen LogP contribution >= 0.6 is 0 Å². The minimum Gasteiger partial charge on any atom is -0.378 e. The maximum absolute atomic E-state index is 2.66. The third-order valence-electron chi connectivity index (χ3n) is 4.03. The van der Waals surface area contributed by atoms with Crippen LogP contribution in [0.1, 0.15) is 38.2 Å². The summed E-state index contributed by atoms with van der Waals surface area (Å²) in [5.41, 5.74) is 2.75.